The third-order valence-electron chi connectivity index (χ3n) is 2.64. The highest BCUT2D eigenvalue weighted by molar-refractivity contribution is 9.11. The van der Waals surface area contributed by atoms with Crippen LogP contribution in [0.5, 0.6) is 0 Å². The number of hydrogen-bond acceptors (Lipinski definition) is 2. The minimum absolute atomic E-state index is 0.0430. The van der Waals surface area contributed by atoms with Crippen molar-refractivity contribution in [2.45, 2.75) is 6.42 Å². The van der Waals surface area contributed by atoms with E-state index in [1.807, 2.05) is 0 Å². The maximum absolute atomic E-state index is 11.9. The first-order chi connectivity index (χ1) is 8.04. The van der Waals surface area contributed by atoms with Gasteiger partial charge in [-0.1, -0.05) is 17.7 Å². The Balaban J connectivity index is 2.39. The molecule has 0 aliphatic carbocycles. The van der Waals surface area contributed by atoms with E-state index in [-0.39, 0.29) is 11.8 Å². The zero-order valence-electron chi connectivity index (χ0n) is 8.79. The van der Waals surface area contributed by atoms with E-state index in [4.69, 9.17) is 11.6 Å². The fraction of sp³-hybridized carbons (Fsp3) is 0.273. The predicted molar refractivity (Wildman–Crippen MR) is 75.3 cm³/mol. The number of nitrogens with zero attached hydrogens (tertiary/aromatic N) is 2. The van der Waals surface area contributed by atoms with Crippen molar-refractivity contribution >= 4 is 55.2 Å². The van der Waals surface area contributed by atoms with Crippen LogP contribution in [0.3, 0.4) is 0 Å². The topological polar surface area (TPSA) is 33.2 Å². The quantitative estimate of drug-likeness (QED) is 0.732. The van der Waals surface area contributed by atoms with Crippen LogP contribution in [0.15, 0.2) is 27.8 Å². The first-order valence-corrected chi connectivity index (χ1v) is 6.93. The van der Waals surface area contributed by atoms with Crippen molar-refractivity contribution < 1.29 is 4.79 Å². The number of pyridine rings is 1. The van der Waals surface area contributed by atoms with E-state index >= 15 is 0 Å². The van der Waals surface area contributed by atoms with Gasteiger partial charge in [0.1, 0.15) is 0 Å². The molecule has 1 saturated heterocycles. The number of hydrogen-bond donors (Lipinski definition) is 0. The van der Waals surface area contributed by atoms with Crippen molar-refractivity contribution in [1.29, 1.82) is 0 Å². The van der Waals surface area contributed by atoms with E-state index in [9.17, 15) is 4.79 Å². The summed E-state index contributed by atoms with van der Waals surface area (Å²) in [5.41, 5.74) is 0. The van der Waals surface area contributed by atoms with Gasteiger partial charge in [0.15, 0.2) is 5.82 Å². The van der Waals surface area contributed by atoms with Crippen molar-refractivity contribution in [2.75, 3.05) is 11.4 Å². The van der Waals surface area contributed by atoms with Crippen molar-refractivity contribution in [3.05, 3.63) is 32.8 Å². The molecule has 2 heterocycles. The smallest absolute Gasteiger partial charge is 0.228 e. The molecule has 1 unspecified atom stereocenters. The first kappa shape index (κ1) is 13.1. The van der Waals surface area contributed by atoms with Crippen LogP contribution >= 0.6 is 43.5 Å². The Hall–Kier alpha value is -0.390. The highest BCUT2D eigenvalue weighted by atomic mass is 79.9. The Morgan fingerprint density at radius 2 is 2.29 bits per heavy atom. The summed E-state index contributed by atoms with van der Waals surface area (Å²) in [5, 5.41) is 0.518. The molecule has 1 atom stereocenters. The maximum Gasteiger partial charge on any atom is 0.228 e. The maximum atomic E-state index is 11.9. The van der Waals surface area contributed by atoms with E-state index in [1.165, 1.54) is 0 Å². The third-order valence-corrected chi connectivity index (χ3v) is 4.84. The third kappa shape index (κ3) is 2.41. The lowest BCUT2D eigenvalue weighted by Crippen LogP contribution is -2.25. The standard InChI is InChI=1S/C11H9Br2ClN2O/c1-2-6-3-8(17)16(5-6)11-9(13)10(14)7(12)4-15-11/h2,4,6H,1,3,5H2. The average molecular weight is 380 g/mol. The number of anilines is 1. The average Bonchev–Trinajstić information content (AvgIpc) is 2.68. The van der Waals surface area contributed by atoms with Gasteiger partial charge in [0.05, 0.1) is 14.0 Å². The monoisotopic (exact) mass is 378 g/mol. The predicted octanol–water partition coefficient (Wildman–Crippen LogP) is 3.80. The number of carbonyl (C=O) groups is 1. The molecular weight excluding hydrogens is 371 g/mol. The minimum atomic E-state index is 0.0430. The Kier molecular flexibility index (Phi) is 3.90. The van der Waals surface area contributed by atoms with Gasteiger partial charge in [-0.05, 0) is 31.9 Å². The summed E-state index contributed by atoms with van der Waals surface area (Å²) in [4.78, 5) is 17.7. The molecule has 6 heteroatoms. The molecule has 90 valence electrons. The summed E-state index contributed by atoms with van der Waals surface area (Å²) in [7, 11) is 0. The van der Waals surface area contributed by atoms with Crippen LogP contribution in [0.2, 0.25) is 5.02 Å². The first-order valence-electron chi connectivity index (χ1n) is 4.97. The Morgan fingerprint density at radius 3 is 2.88 bits per heavy atom. The largest absolute Gasteiger partial charge is 0.295 e. The summed E-state index contributed by atoms with van der Waals surface area (Å²) >= 11 is 12.7. The second kappa shape index (κ2) is 5.08. The van der Waals surface area contributed by atoms with Crippen molar-refractivity contribution in [3.8, 4) is 0 Å². The van der Waals surface area contributed by atoms with Gasteiger partial charge in [-0.2, -0.15) is 0 Å². The summed E-state index contributed by atoms with van der Waals surface area (Å²) in [6.07, 6.45) is 3.87. The van der Waals surface area contributed by atoms with Gasteiger partial charge in [-0.3, -0.25) is 9.69 Å². The fourth-order valence-electron chi connectivity index (χ4n) is 1.72. The molecule has 17 heavy (non-hydrogen) atoms. The van der Waals surface area contributed by atoms with Crippen LogP contribution in [0, 0.1) is 5.92 Å². The van der Waals surface area contributed by atoms with E-state index in [0.717, 1.165) is 0 Å². The fourth-order valence-corrected chi connectivity index (χ4v) is 2.95. The highest BCUT2D eigenvalue weighted by Crippen LogP contribution is 2.38. The molecule has 1 aliphatic heterocycles. The summed E-state index contributed by atoms with van der Waals surface area (Å²) in [5.74, 6) is 0.785. The van der Waals surface area contributed by atoms with Crippen LogP contribution in [0.25, 0.3) is 0 Å². The molecule has 1 aliphatic rings. The molecule has 0 aromatic carbocycles. The molecular formula is C11H9Br2ClN2O. The molecule has 3 nitrogen and oxygen atoms in total. The minimum Gasteiger partial charge on any atom is -0.295 e. The lowest BCUT2D eigenvalue weighted by molar-refractivity contribution is -0.117. The molecule has 1 fully saturated rings. The van der Waals surface area contributed by atoms with Crippen molar-refractivity contribution in [3.63, 3.8) is 0 Å². The van der Waals surface area contributed by atoms with Gasteiger partial charge in [0.25, 0.3) is 0 Å². The molecule has 2 rings (SSSR count). The molecule has 0 saturated carbocycles. The number of carbonyl (C=O) groups excluding carboxylic acids is 1. The second-order valence-corrected chi connectivity index (χ2v) is 5.79. The van der Waals surface area contributed by atoms with Gasteiger partial charge in [-0.15, -0.1) is 6.58 Å². The van der Waals surface area contributed by atoms with Gasteiger partial charge in [0, 0.05) is 25.1 Å². The summed E-state index contributed by atoms with van der Waals surface area (Å²) < 4.78 is 1.33. The number of amides is 1. The molecule has 1 amide bonds. The second-order valence-electron chi connectivity index (χ2n) is 3.76. The van der Waals surface area contributed by atoms with E-state index in [1.54, 1.807) is 17.2 Å². The summed E-state index contributed by atoms with van der Waals surface area (Å²) in [6, 6.07) is 0. The Morgan fingerprint density at radius 1 is 1.59 bits per heavy atom. The van der Waals surface area contributed by atoms with Gasteiger partial charge >= 0.3 is 0 Å². The molecule has 0 N–H and O–H groups in total. The normalized spacial score (nSPS) is 19.8. The number of aromatic nitrogens is 1. The lowest BCUT2D eigenvalue weighted by Gasteiger charge is -2.17. The van der Waals surface area contributed by atoms with Crippen LogP contribution < -0.4 is 4.90 Å². The van der Waals surface area contributed by atoms with Crippen LogP contribution in [-0.2, 0) is 4.79 Å². The molecule has 0 bridgehead atoms. The molecule has 0 radical (unpaired) electrons. The van der Waals surface area contributed by atoms with Gasteiger partial charge < -0.3 is 0 Å². The zero-order valence-corrected chi connectivity index (χ0v) is 12.7. The van der Waals surface area contributed by atoms with E-state index < -0.39 is 0 Å². The van der Waals surface area contributed by atoms with Crippen LogP contribution in [0.4, 0.5) is 5.82 Å². The van der Waals surface area contributed by atoms with E-state index in [0.29, 0.717) is 32.8 Å². The van der Waals surface area contributed by atoms with Crippen molar-refractivity contribution in [1.82, 2.24) is 4.98 Å². The molecule has 1 aromatic rings. The van der Waals surface area contributed by atoms with Crippen LogP contribution in [-0.4, -0.2) is 17.4 Å². The SMILES string of the molecule is C=CC1CC(=O)N(c2ncc(Br)c(Cl)c2Br)C1. The highest BCUT2D eigenvalue weighted by Gasteiger charge is 2.31. The van der Waals surface area contributed by atoms with Crippen molar-refractivity contribution in [2.24, 2.45) is 5.92 Å². The Bertz CT molecular complexity index is 493. The molecule has 1 aromatic heterocycles. The Labute approximate surface area is 121 Å². The number of rotatable bonds is 2. The number of halogens is 3. The van der Waals surface area contributed by atoms with Gasteiger partial charge in [-0.25, -0.2) is 4.98 Å². The van der Waals surface area contributed by atoms with Gasteiger partial charge in [0.2, 0.25) is 5.91 Å². The molecule has 0 spiro atoms. The summed E-state index contributed by atoms with van der Waals surface area (Å²) in [6.45, 7) is 4.32. The lowest BCUT2D eigenvalue weighted by atomic mass is 10.1. The van der Waals surface area contributed by atoms with E-state index in [2.05, 4.69) is 43.4 Å². The zero-order chi connectivity index (χ0) is 12.6. The van der Waals surface area contributed by atoms with Crippen LogP contribution in [0.1, 0.15) is 6.42 Å².